The van der Waals surface area contributed by atoms with Crippen LogP contribution < -0.4 is 0 Å². The lowest BCUT2D eigenvalue weighted by Gasteiger charge is -2.16. The van der Waals surface area contributed by atoms with Crippen molar-refractivity contribution in [1.82, 2.24) is 0 Å². The number of hydrogen-bond acceptors (Lipinski definition) is 2. The summed E-state index contributed by atoms with van der Waals surface area (Å²) in [5, 5.41) is 0. The summed E-state index contributed by atoms with van der Waals surface area (Å²) < 4.78 is 6.05. The molecule has 2 aromatic rings. The molecule has 0 spiro atoms. The summed E-state index contributed by atoms with van der Waals surface area (Å²) >= 11 is 3.48. The molecule has 0 aliphatic heterocycles. The van der Waals surface area contributed by atoms with Gasteiger partial charge in [-0.25, -0.2) is 0 Å². The van der Waals surface area contributed by atoms with Crippen molar-refractivity contribution in [2.24, 2.45) is 0 Å². The predicted molar refractivity (Wildman–Crippen MR) is 81.6 cm³/mol. The van der Waals surface area contributed by atoms with Crippen LogP contribution in [0.15, 0.2) is 59.1 Å². The minimum absolute atomic E-state index is 0.149. The summed E-state index contributed by atoms with van der Waals surface area (Å²) in [5.41, 5.74) is 1.69. The van der Waals surface area contributed by atoms with E-state index in [1.807, 2.05) is 42.5 Å². The second kappa shape index (κ2) is 5.06. The summed E-state index contributed by atoms with van der Waals surface area (Å²) in [6.07, 6.45) is 0.806. The predicted octanol–water partition coefficient (Wildman–Crippen LogP) is 4.05. The molecule has 3 rings (SSSR count). The first-order chi connectivity index (χ1) is 9.68. The molecule has 0 N–H and O–H groups in total. The largest absolute Gasteiger partial charge is 0.468 e. The molecule has 0 radical (unpaired) electrons. The number of esters is 1. The van der Waals surface area contributed by atoms with E-state index >= 15 is 0 Å². The van der Waals surface area contributed by atoms with Gasteiger partial charge in [-0.1, -0.05) is 58.4 Å². The number of hydrogen-bond donors (Lipinski definition) is 0. The highest BCUT2D eigenvalue weighted by atomic mass is 79.9. The Bertz CT molecular complexity index is 638. The molecule has 0 heterocycles. The van der Waals surface area contributed by atoms with Crippen LogP contribution in [0, 0.1) is 0 Å². The van der Waals surface area contributed by atoms with Crippen molar-refractivity contribution in [1.29, 1.82) is 0 Å². The molecule has 102 valence electrons. The van der Waals surface area contributed by atoms with Gasteiger partial charge in [0.1, 0.15) is 5.41 Å². The fourth-order valence-corrected chi connectivity index (χ4v) is 3.36. The van der Waals surface area contributed by atoms with E-state index in [0.29, 0.717) is 0 Å². The molecule has 1 aliphatic carbocycles. The first-order valence-electron chi connectivity index (χ1n) is 6.58. The molecule has 1 aliphatic rings. The fourth-order valence-electron chi connectivity index (χ4n) is 2.96. The van der Waals surface area contributed by atoms with Gasteiger partial charge in [0.05, 0.1) is 7.11 Å². The molecule has 1 saturated carbocycles. The van der Waals surface area contributed by atoms with Crippen LogP contribution in [0.5, 0.6) is 0 Å². The topological polar surface area (TPSA) is 26.3 Å². The van der Waals surface area contributed by atoms with Crippen molar-refractivity contribution in [3.8, 4) is 0 Å². The Hall–Kier alpha value is -1.61. The van der Waals surface area contributed by atoms with Gasteiger partial charge in [0, 0.05) is 10.4 Å². The third-order valence-corrected chi connectivity index (χ3v) is 4.55. The van der Waals surface area contributed by atoms with E-state index in [1.54, 1.807) is 0 Å². The Morgan fingerprint density at radius 2 is 1.95 bits per heavy atom. The van der Waals surface area contributed by atoms with Gasteiger partial charge < -0.3 is 4.74 Å². The van der Waals surface area contributed by atoms with Crippen molar-refractivity contribution in [2.75, 3.05) is 7.11 Å². The monoisotopic (exact) mass is 330 g/mol. The Balaban J connectivity index is 2.03. The van der Waals surface area contributed by atoms with Gasteiger partial charge in [-0.05, 0) is 29.7 Å². The molecule has 3 heteroatoms. The minimum Gasteiger partial charge on any atom is -0.468 e. The van der Waals surface area contributed by atoms with Gasteiger partial charge in [0.2, 0.25) is 0 Å². The van der Waals surface area contributed by atoms with Gasteiger partial charge >= 0.3 is 5.97 Å². The summed E-state index contributed by atoms with van der Waals surface area (Å²) in [6.45, 7) is 0. The number of halogens is 1. The quantitative estimate of drug-likeness (QED) is 0.793. The van der Waals surface area contributed by atoms with Crippen molar-refractivity contribution >= 4 is 21.9 Å². The molecule has 0 unspecified atom stereocenters. The van der Waals surface area contributed by atoms with Crippen molar-refractivity contribution in [3.63, 3.8) is 0 Å². The van der Waals surface area contributed by atoms with Gasteiger partial charge in [0.15, 0.2) is 0 Å². The van der Waals surface area contributed by atoms with Crippen molar-refractivity contribution in [3.05, 3.63) is 70.2 Å². The molecule has 2 nitrogen and oxygen atoms in total. The maximum absolute atomic E-state index is 12.4. The second-order valence-electron chi connectivity index (χ2n) is 5.14. The van der Waals surface area contributed by atoms with Gasteiger partial charge in [-0.15, -0.1) is 0 Å². The Morgan fingerprint density at radius 3 is 2.60 bits per heavy atom. The molecule has 1 fully saturated rings. The van der Waals surface area contributed by atoms with E-state index in [4.69, 9.17) is 4.74 Å². The van der Waals surface area contributed by atoms with Crippen molar-refractivity contribution < 1.29 is 9.53 Å². The fraction of sp³-hybridized carbons (Fsp3) is 0.235. The lowest BCUT2D eigenvalue weighted by Crippen LogP contribution is -2.24. The number of carbonyl (C=O) groups is 1. The molecule has 20 heavy (non-hydrogen) atoms. The zero-order valence-electron chi connectivity index (χ0n) is 11.2. The van der Waals surface area contributed by atoms with Crippen LogP contribution in [0.25, 0.3) is 0 Å². The van der Waals surface area contributed by atoms with Crippen LogP contribution in [0.1, 0.15) is 23.5 Å². The Kier molecular flexibility index (Phi) is 3.38. The van der Waals surface area contributed by atoms with E-state index in [-0.39, 0.29) is 11.9 Å². The first kappa shape index (κ1) is 13.4. The van der Waals surface area contributed by atoms with Gasteiger partial charge in [-0.3, -0.25) is 4.79 Å². The summed E-state index contributed by atoms with van der Waals surface area (Å²) in [4.78, 5) is 12.4. The molecular weight excluding hydrogens is 316 g/mol. The van der Waals surface area contributed by atoms with E-state index in [2.05, 4.69) is 28.1 Å². The van der Waals surface area contributed by atoms with Crippen LogP contribution in [-0.4, -0.2) is 13.1 Å². The number of carbonyl (C=O) groups excluding carboxylic acids is 1. The van der Waals surface area contributed by atoms with E-state index in [9.17, 15) is 4.79 Å². The number of ether oxygens (including phenoxy) is 1. The third kappa shape index (κ3) is 2.06. The number of benzene rings is 2. The Labute approximate surface area is 126 Å². The smallest absolute Gasteiger partial charge is 0.316 e. The summed E-state index contributed by atoms with van der Waals surface area (Å²) in [5.74, 6) is 0.0508. The number of methoxy groups -OCH3 is 1. The van der Waals surface area contributed by atoms with Crippen molar-refractivity contribution in [2.45, 2.75) is 17.8 Å². The summed E-state index contributed by atoms with van der Waals surface area (Å²) in [7, 11) is 1.46. The molecule has 2 aromatic carbocycles. The molecule has 0 amide bonds. The maximum atomic E-state index is 12.4. The molecule has 0 saturated heterocycles. The molecular formula is C17H15BrO2. The van der Waals surface area contributed by atoms with Crippen LogP contribution in [0.2, 0.25) is 0 Å². The average Bonchev–Trinajstić information content (AvgIpc) is 3.24. The standard InChI is InChI=1S/C17H15BrO2/c1-20-16(19)17(13-8-5-9-14(18)10-13)11-15(17)12-6-3-2-4-7-12/h2-10,15H,11H2,1H3/t15-,17-/m0/s1. The van der Waals surface area contributed by atoms with E-state index < -0.39 is 5.41 Å². The SMILES string of the molecule is COC(=O)[C@]1(c2cccc(Br)c2)C[C@H]1c1ccccc1. The van der Waals surface area contributed by atoms with E-state index in [1.165, 1.54) is 12.7 Å². The molecule has 2 atom stereocenters. The summed E-state index contributed by atoms with van der Waals surface area (Å²) in [6, 6.07) is 18.1. The second-order valence-corrected chi connectivity index (χ2v) is 6.06. The van der Waals surface area contributed by atoms with Crippen LogP contribution in [0.3, 0.4) is 0 Å². The Morgan fingerprint density at radius 1 is 1.20 bits per heavy atom. The highest BCUT2D eigenvalue weighted by Crippen LogP contribution is 2.61. The van der Waals surface area contributed by atoms with Gasteiger partial charge in [0.25, 0.3) is 0 Å². The van der Waals surface area contributed by atoms with Crippen LogP contribution in [0.4, 0.5) is 0 Å². The zero-order valence-corrected chi connectivity index (χ0v) is 12.8. The van der Waals surface area contributed by atoms with Crippen LogP contribution in [-0.2, 0) is 14.9 Å². The maximum Gasteiger partial charge on any atom is 0.316 e. The zero-order chi connectivity index (χ0) is 14.2. The van der Waals surface area contributed by atoms with Crippen LogP contribution >= 0.6 is 15.9 Å². The minimum atomic E-state index is -0.528. The average molecular weight is 331 g/mol. The molecule has 0 bridgehead atoms. The highest BCUT2D eigenvalue weighted by molar-refractivity contribution is 9.10. The normalized spacial score (nSPS) is 24.2. The lowest BCUT2D eigenvalue weighted by molar-refractivity contribution is -0.143. The first-order valence-corrected chi connectivity index (χ1v) is 7.37. The number of rotatable bonds is 3. The van der Waals surface area contributed by atoms with Gasteiger partial charge in [-0.2, -0.15) is 0 Å². The molecule has 0 aromatic heterocycles. The van der Waals surface area contributed by atoms with E-state index in [0.717, 1.165) is 16.5 Å². The third-order valence-electron chi connectivity index (χ3n) is 4.05. The highest BCUT2D eigenvalue weighted by Gasteiger charge is 2.62. The lowest BCUT2D eigenvalue weighted by atomic mass is 9.91.